The Morgan fingerprint density at radius 3 is 2.41 bits per heavy atom. The molecule has 13 nitrogen and oxygen atoms in total. The Morgan fingerprint density at radius 1 is 1.12 bits per heavy atom. The van der Waals surface area contributed by atoms with E-state index in [1.165, 1.54) is 60.9 Å². The first kappa shape index (κ1) is 35.9. The molecular formula is C34H43FN6O7S. The molecule has 0 spiro atoms. The Labute approximate surface area is 287 Å². The molecule has 1 fully saturated rings. The lowest BCUT2D eigenvalue weighted by atomic mass is 9.87. The van der Waals surface area contributed by atoms with Crippen LogP contribution >= 0.6 is 11.3 Å². The molecule has 1 atom stereocenters. The standard InChI is InChI=1S/C34H43FN6O7S/c1-8-47-31(43)21-9-12-23(13-10-21)48-26(24-17-22(35)11-14-25(24)46-7)18-39-30-27(20(4)29(49-30)41-36-15-16-37-41)28(42)40(33(39)45)34(5,6)32(44)38-19(2)3/h11,14-17,19,21,23,26H,8-10,12-13,18H2,1-7H3,(H,38,44)/t21?,23?,26-/m0/s1. The second-order valence-corrected chi connectivity index (χ2v) is 14.0. The zero-order chi connectivity index (χ0) is 35.6. The van der Waals surface area contributed by atoms with Crippen molar-refractivity contribution in [2.24, 2.45) is 5.92 Å². The average molecular weight is 699 g/mol. The van der Waals surface area contributed by atoms with Crippen LogP contribution < -0.4 is 21.3 Å². The van der Waals surface area contributed by atoms with Crippen LogP contribution in [-0.2, 0) is 31.1 Å². The maximum atomic E-state index is 14.9. The van der Waals surface area contributed by atoms with E-state index in [2.05, 4.69) is 15.5 Å². The number of benzene rings is 1. The van der Waals surface area contributed by atoms with Crippen molar-refractivity contribution < 1.29 is 28.2 Å². The number of carbonyl (C=O) groups is 2. The van der Waals surface area contributed by atoms with Gasteiger partial charge in [-0.25, -0.2) is 13.8 Å². The van der Waals surface area contributed by atoms with Crippen LogP contribution in [-0.4, -0.2) is 61.9 Å². The molecule has 0 bridgehead atoms. The predicted molar refractivity (Wildman–Crippen MR) is 182 cm³/mol. The van der Waals surface area contributed by atoms with Crippen molar-refractivity contribution in [2.45, 2.75) is 97.6 Å². The number of aryl methyl sites for hydroxylation is 1. The average Bonchev–Trinajstić information content (AvgIpc) is 3.70. The SMILES string of the molecule is CCOC(=O)C1CCC(O[C@@H](Cn2c(=O)n(C(C)(C)C(=O)NC(C)C)c(=O)c3c(C)c(-n4nccn4)sc32)c2cc(F)ccc2OC)CC1. The number of methoxy groups -OCH3 is 1. The zero-order valence-corrected chi connectivity index (χ0v) is 29.6. The van der Waals surface area contributed by atoms with Gasteiger partial charge in [0, 0.05) is 17.2 Å². The van der Waals surface area contributed by atoms with Crippen LogP contribution in [0.3, 0.4) is 0 Å². The summed E-state index contributed by atoms with van der Waals surface area (Å²) in [5.74, 6) is -1.16. The maximum Gasteiger partial charge on any atom is 0.333 e. The summed E-state index contributed by atoms with van der Waals surface area (Å²) in [7, 11) is 1.46. The monoisotopic (exact) mass is 698 g/mol. The summed E-state index contributed by atoms with van der Waals surface area (Å²) in [6.45, 7) is 10.3. The fourth-order valence-electron chi connectivity index (χ4n) is 6.30. The summed E-state index contributed by atoms with van der Waals surface area (Å²) in [6.07, 6.45) is 3.93. The summed E-state index contributed by atoms with van der Waals surface area (Å²) in [6, 6.07) is 3.83. The molecule has 1 aromatic carbocycles. The Bertz CT molecular complexity index is 1940. The molecule has 3 heterocycles. The quantitative estimate of drug-likeness (QED) is 0.213. The first-order chi connectivity index (χ1) is 23.3. The van der Waals surface area contributed by atoms with Gasteiger partial charge in [0.2, 0.25) is 5.91 Å². The lowest BCUT2D eigenvalue weighted by Gasteiger charge is -2.32. The molecule has 0 saturated heterocycles. The van der Waals surface area contributed by atoms with E-state index in [1.807, 2.05) is 0 Å². The number of thiophene rings is 1. The Kier molecular flexibility index (Phi) is 10.7. The molecule has 5 rings (SSSR count). The normalized spacial score (nSPS) is 17.3. The Balaban J connectivity index is 1.68. The van der Waals surface area contributed by atoms with Crippen molar-refractivity contribution in [1.29, 1.82) is 0 Å². The lowest BCUT2D eigenvalue weighted by molar-refractivity contribution is -0.150. The molecule has 1 aliphatic rings. The number of fused-ring (bicyclic) bond motifs is 1. The van der Waals surface area contributed by atoms with Crippen LogP contribution in [0, 0.1) is 18.7 Å². The van der Waals surface area contributed by atoms with E-state index in [0.717, 1.165) is 15.9 Å². The van der Waals surface area contributed by atoms with E-state index in [-0.39, 0.29) is 36.0 Å². The first-order valence-corrected chi connectivity index (χ1v) is 17.2. The summed E-state index contributed by atoms with van der Waals surface area (Å²) >= 11 is 1.15. The first-order valence-electron chi connectivity index (χ1n) is 16.4. The van der Waals surface area contributed by atoms with Gasteiger partial charge in [-0.1, -0.05) is 11.3 Å². The number of hydrogen-bond acceptors (Lipinski definition) is 10. The van der Waals surface area contributed by atoms with Crippen molar-refractivity contribution in [3.63, 3.8) is 0 Å². The fourth-order valence-corrected chi connectivity index (χ4v) is 7.52. The second-order valence-electron chi connectivity index (χ2n) is 13.0. The highest BCUT2D eigenvalue weighted by atomic mass is 32.1. The van der Waals surface area contributed by atoms with E-state index in [1.54, 1.807) is 27.7 Å². The summed E-state index contributed by atoms with van der Waals surface area (Å²) < 4.78 is 34.8. The zero-order valence-electron chi connectivity index (χ0n) is 28.8. The highest BCUT2D eigenvalue weighted by Gasteiger charge is 2.37. The van der Waals surface area contributed by atoms with Crippen LogP contribution in [0.1, 0.15) is 77.5 Å². The minimum Gasteiger partial charge on any atom is -0.496 e. The molecule has 1 saturated carbocycles. The summed E-state index contributed by atoms with van der Waals surface area (Å²) in [5, 5.41) is 12.1. The molecule has 1 aliphatic carbocycles. The van der Waals surface area contributed by atoms with Crippen LogP contribution in [0.4, 0.5) is 4.39 Å². The van der Waals surface area contributed by atoms with Crippen LogP contribution in [0.25, 0.3) is 15.2 Å². The number of nitrogens with zero attached hydrogens (tertiary/aromatic N) is 5. The molecule has 0 unspecified atom stereocenters. The van der Waals surface area contributed by atoms with Crippen molar-refractivity contribution in [1.82, 2.24) is 29.4 Å². The lowest BCUT2D eigenvalue weighted by Crippen LogP contribution is -2.56. The third-order valence-electron chi connectivity index (χ3n) is 8.86. The van der Waals surface area contributed by atoms with Crippen LogP contribution in [0.15, 0.2) is 40.2 Å². The number of rotatable bonds is 12. The van der Waals surface area contributed by atoms with Gasteiger partial charge in [0.15, 0.2) is 0 Å². The topological polar surface area (TPSA) is 149 Å². The number of halogens is 1. The Hall–Kier alpha value is -4.37. The number of carbonyl (C=O) groups excluding carboxylic acids is 2. The molecule has 0 aliphatic heterocycles. The fraction of sp³-hybridized carbons (Fsp3) is 0.529. The van der Waals surface area contributed by atoms with Crippen molar-refractivity contribution in [3.8, 4) is 10.8 Å². The summed E-state index contributed by atoms with van der Waals surface area (Å²) in [4.78, 5) is 56.5. The molecule has 0 radical (unpaired) electrons. The smallest absolute Gasteiger partial charge is 0.333 e. The number of esters is 1. The van der Waals surface area contributed by atoms with E-state index in [0.29, 0.717) is 59.0 Å². The molecule has 15 heteroatoms. The van der Waals surface area contributed by atoms with Gasteiger partial charge in [-0.3, -0.25) is 19.0 Å². The molecule has 4 aromatic rings. The van der Waals surface area contributed by atoms with Gasteiger partial charge >= 0.3 is 11.7 Å². The molecule has 49 heavy (non-hydrogen) atoms. The van der Waals surface area contributed by atoms with E-state index in [9.17, 15) is 23.6 Å². The number of aromatic nitrogens is 5. The molecule has 264 valence electrons. The van der Waals surface area contributed by atoms with Gasteiger partial charge in [0.25, 0.3) is 5.56 Å². The maximum absolute atomic E-state index is 14.9. The van der Waals surface area contributed by atoms with E-state index < -0.39 is 34.6 Å². The number of nitrogens with one attached hydrogen (secondary N) is 1. The van der Waals surface area contributed by atoms with E-state index in [4.69, 9.17) is 14.2 Å². The minimum absolute atomic E-state index is 0.152. The van der Waals surface area contributed by atoms with Crippen molar-refractivity contribution in [2.75, 3.05) is 13.7 Å². The third-order valence-corrected chi connectivity index (χ3v) is 10.1. The van der Waals surface area contributed by atoms with Crippen molar-refractivity contribution >= 4 is 33.4 Å². The number of amides is 1. The van der Waals surface area contributed by atoms with Gasteiger partial charge < -0.3 is 19.5 Å². The van der Waals surface area contributed by atoms with E-state index >= 15 is 0 Å². The van der Waals surface area contributed by atoms with Gasteiger partial charge in [0.1, 0.15) is 33.0 Å². The second kappa shape index (κ2) is 14.6. The number of hydrogen-bond donors (Lipinski definition) is 1. The van der Waals surface area contributed by atoms with Gasteiger partial charge in [-0.15, -0.1) is 4.80 Å². The minimum atomic E-state index is -1.59. The molecule has 3 aromatic heterocycles. The van der Waals surface area contributed by atoms with Gasteiger partial charge in [-0.2, -0.15) is 10.2 Å². The number of ether oxygens (including phenoxy) is 3. The van der Waals surface area contributed by atoms with Gasteiger partial charge in [0.05, 0.1) is 50.1 Å². The highest BCUT2D eigenvalue weighted by molar-refractivity contribution is 7.21. The highest BCUT2D eigenvalue weighted by Crippen LogP contribution is 2.37. The third kappa shape index (κ3) is 7.18. The molecule has 1 amide bonds. The van der Waals surface area contributed by atoms with Crippen LogP contribution in [0.2, 0.25) is 0 Å². The molecular weight excluding hydrogens is 655 g/mol. The van der Waals surface area contributed by atoms with Crippen LogP contribution in [0.5, 0.6) is 5.75 Å². The predicted octanol–water partition coefficient (Wildman–Crippen LogP) is 4.40. The largest absolute Gasteiger partial charge is 0.496 e. The van der Waals surface area contributed by atoms with Gasteiger partial charge in [-0.05, 0) is 85.4 Å². The Morgan fingerprint density at radius 2 is 1.80 bits per heavy atom. The molecule has 1 N–H and O–H groups in total. The van der Waals surface area contributed by atoms with Crippen molar-refractivity contribution in [3.05, 3.63) is 68.4 Å². The summed E-state index contributed by atoms with van der Waals surface area (Å²) in [5.41, 5.74) is -2.07.